The standard InChI is InChI=1S/C16H17F2NO/c1-10-3-5-13(17)16(7-10)20-15-6-4-12(8-11(2)19)9-14(15)18/h3-7,9,11H,8,19H2,1-2H3. The van der Waals surface area contributed by atoms with Crippen LogP contribution in [0.4, 0.5) is 8.78 Å². The molecule has 0 amide bonds. The summed E-state index contributed by atoms with van der Waals surface area (Å²) in [7, 11) is 0. The fraction of sp³-hybridized carbons (Fsp3) is 0.250. The minimum atomic E-state index is -0.524. The number of halogens is 2. The van der Waals surface area contributed by atoms with Crippen LogP contribution < -0.4 is 10.5 Å². The van der Waals surface area contributed by atoms with Crippen molar-refractivity contribution in [2.24, 2.45) is 5.73 Å². The molecule has 0 bridgehead atoms. The molecule has 4 heteroatoms. The number of nitrogens with two attached hydrogens (primary N) is 1. The van der Waals surface area contributed by atoms with Crippen LogP contribution in [0.25, 0.3) is 0 Å². The summed E-state index contributed by atoms with van der Waals surface area (Å²) in [5, 5.41) is 0. The molecule has 2 rings (SSSR count). The zero-order chi connectivity index (χ0) is 14.7. The molecule has 106 valence electrons. The second-order valence-corrected chi connectivity index (χ2v) is 4.98. The maximum Gasteiger partial charge on any atom is 0.165 e. The molecule has 2 aromatic carbocycles. The van der Waals surface area contributed by atoms with Crippen molar-refractivity contribution in [3.63, 3.8) is 0 Å². The Kier molecular flexibility index (Phi) is 4.35. The molecular formula is C16H17F2NO. The quantitative estimate of drug-likeness (QED) is 0.918. The lowest BCUT2D eigenvalue weighted by Crippen LogP contribution is -2.17. The fourth-order valence-corrected chi connectivity index (χ4v) is 1.93. The van der Waals surface area contributed by atoms with Gasteiger partial charge in [0.05, 0.1) is 0 Å². The molecule has 0 aliphatic heterocycles. The van der Waals surface area contributed by atoms with Crippen molar-refractivity contribution >= 4 is 0 Å². The summed E-state index contributed by atoms with van der Waals surface area (Å²) < 4.78 is 32.8. The Morgan fingerprint density at radius 1 is 1.05 bits per heavy atom. The first-order valence-electron chi connectivity index (χ1n) is 6.43. The van der Waals surface area contributed by atoms with E-state index in [1.165, 1.54) is 24.3 Å². The van der Waals surface area contributed by atoms with Gasteiger partial charge in [-0.3, -0.25) is 0 Å². The molecule has 0 heterocycles. The lowest BCUT2D eigenvalue weighted by Gasteiger charge is -2.10. The zero-order valence-electron chi connectivity index (χ0n) is 11.5. The number of aryl methyl sites for hydroxylation is 1. The topological polar surface area (TPSA) is 35.2 Å². The van der Waals surface area contributed by atoms with Gasteiger partial charge in [0.25, 0.3) is 0 Å². The average molecular weight is 277 g/mol. The van der Waals surface area contributed by atoms with Gasteiger partial charge in [-0.25, -0.2) is 8.78 Å². The van der Waals surface area contributed by atoms with E-state index in [4.69, 9.17) is 10.5 Å². The van der Waals surface area contributed by atoms with E-state index in [-0.39, 0.29) is 17.5 Å². The van der Waals surface area contributed by atoms with Gasteiger partial charge in [0.2, 0.25) is 0 Å². The summed E-state index contributed by atoms with van der Waals surface area (Å²) in [6.45, 7) is 3.67. The van der Waals surface area contributed by atoms with Crippen LogP contribution in [0.15, 0.2) is 36.4 Å². The van der Waals surface area contributed by atoms with E-state index in [9.17, 15) is 8.78 Å². The van der Waals surface area contributed by atoms with Crippen molar-refractivity contribution in [1.29, 1.82) is 0 Å². The van der Waals surface area contributed by atoms with E-state index < -0.39 is 11.6 Å². The normalized spacial score (nSPS) is 12.2. The van der Waals surface area contributed by atoms with Crippen molar-refractivity contribution in [3.8, 4) is 11.5 Å². The van der Waals surface area contributed by atoms with Gasteiger partial charge >= 0.3 is 0 Å². The lowest BCUT2D eigenvalue weighted by molar-refractivity contribution is 0.414. The van der Waals surface area contributed by atoms with Crippen LogP contribution in [0.1, 0.15) is 18.1 Å². The number of hydrogen-bond acceptors (Lipinski definition) is 2. The highest BCUT2D eigenvalue weighted by Gasteiger charge is 2.10. The van der Waals surface area contributed by atoms with Crippen molar-refractivity contribution in [2.45, 2.75) is 26.3 Å². The highest BCUT2D eigenvalue weighted by molar-refractivity contribution is 5.37. The summed E-state index contributed by atoms with van der Waals surface area (Å²) >= 11 is 0. The SMILES string of the molecule is Cc1ccc(F)c(Oc2ccc(CC(C)N)cc2F)c1. The summed E-state index contributed by atoms with van der Waals surface area (Å²) in [4.78, 5) is 0. The third-order valence-electron chi connectivity index (χ3n) is 2.86. The van der Waals surface area contributed by atoms with Crippen LogP contribution >= 0.6 is 0 Å². The van der Waals surface area contributed by atoms with E-state index in [0.29, 0.717) is 6.42 Å². The Bertz CT molecular complexity index is 611. The van der Waals surface area contributed by atoms with Crippen LogP contribution in [0.3, 0.4) is 0 Å². The number of ether oxygens (including phenoxy) is 1. The predicted molar refractivity (Wildman–Crippen MR) is 75.0 cm³/mol. The van der Waals surface area contributed by atoms with E-state index in [1.807, 2.05) is 13.8 Å². The largest absolute Gasteiger partial charge is 0.451 e. The second-order valence-electron chi connectivity index (χ2n) is 4.98. The van der Waals surface area contributed by atoms with Gasteiger partial charge in [-0.1, -0.05) is 12.1 Å². The first-order valence-corrected chi connectivity index (χ1v) is 6.43. The molecule has 0 saturated heterocycles. The molecule has 2 aromatic rings. The maximum absolute atomic E-state index is 13.9. The molecule has 0 radical (unpaired) electrons. The summed E-state index contributed by atoms with van der Waals surface area (Å²) in [6.07, 6.45) is 0.579. The third-order valence-corrected chi connectivity index (χ3v) is 2.86. The monoisotopic (exact) mass is 277 g/mol. The molecular weight excluding hydrogens is 260 g/mol. The first-order chi connectivity index (χ1) is 9.45. The smallest absolute Gasteiger partial charge is 0.165 e. The Hall–Kier alpha value is -1.94. The maximum atomic E-state index is 13.9. The summed E-state index contributed by atoms with van der Waals surface area (Å²) in [6, 6.07) is 9.01. The van der Waals surface area contributed by atoms with Gasteiger partial charge in [-0.15, -0.1) is 0 Å². The van der Waals surface area contributed by atoms with Crippen LogP contribution in [0.2, 0.25) is 0 Å². The molecule has 0 saturated carbocycles. The Morgan fingerprint density at radius 3 is 2.45 bits per heavy atom. The summed E-state index contributed by atoms with van der Waals surface area (Å²) in [5.41, 5.74) is 7.30. The Balaban J connectivity index is 2.23. The van der Waals surface area contributed by atoms with Crippen LogP contribution in [-0.2, 0) is 6.42 Å². The number of benzene rings is 2. The van der Waals surface area contributed by atoms with Crippen molar-refractivity contribution in [2.75, 3.05) is 0 Å². The van der Waals surface area contributed by atoms with Crippen LogP contribution in [-0.4, -0.2) is 6.04 Å². The summed E-state index contributed by atoms with van der Waals surface area (Å²) in [5.74, 6) is -1.02. The van der Waals surface area contributed by atoms with Crippen molar-refractivity contribution < 1.29 is 13.5 Å². The van der Waals surface area contributed by atoms with Gasteiger partial charge in [0.15, 0.2) is 23.1 Å². The zero-order valence-corrected chi connectivity index (χ0v) is 11.5. The molecule has 0 aromatic heterocycles. The minimum absolute atomic E-state index is 0.00271. The van der Waals surface area contributed by atoms with Crippen molar-refractivity contribution in [1.82, 2.24) is 0 Å². The molecule has 1 atom stereocenters. The fourth-order valence-electron chi connectivity index (χ4n) is 1.93. The highest BCUT2D eigenvalue weighted by Crippen LogP contribution is 2.28. The van der Waals surface area contributed by atoms with Gasteiger partial charge in [-0.2, -0.15) is 0 Å². The van der Waals surface area contributed by atoms with Gasteiger partial charge in [-0.05, 0) is 55.7 Å². The van der Waals surface area contributed by atoms with E-state index in [0.717, 1.165) is 11.1 Å². The molecule has 2 nitrogen and oxygen atoms in total. The van der Waals surface area contributed by atoms with Gasteiger partial charge in [0, 0.05) is 6.04 Å². The van der Waals surface area contributed by atoms with E-state index in [2.05, 4.69) is 0 Å². The highest BCUT2D eigenvalue weighted by atomic mass is 19.1. The molecule has 0 aliphatic carbocycles. The van der Waals surface area contributed by atoms with Gasteiger partial charge < -0.3 is 10.5 Å². The molecule has 0 spiro atoms. The molecule has 1 unspecified atom stereocenters. The van der Waals surface area contributed by atoms with Gasteiger partial charge in [0.1, 0.15) is 0 Å². The predicted octanol–water partition coefficient (Wildman–Crippen LogP) is 3.96. The molecule has 2 N–H and O–H groups in total. The van der Waals surface area contributed by atoms with E-state index in [1.54, 1.807) is 12.1 Å². The average Bonchev–Trinajstić information content (AvgIpc) is 2.36. The van der Waals surface area contributed by atoms with E-state index >= 15 is 0 Å². The Labute approximate surface area is 117 Å². The lowest BCUT2D eigenvalue weighted by atomic mass is 10.1. The number of rotatable bonds is 4. The minimum Gasteiger partial charge on any atom is -0.451 e. The molecule has 0 fully saturated rings. The third kappa shape index (κ3) is 3.54. The molecule has 20 heavy (non-hydrogen) atoms. The first kappa shape index (κ1) is 14.5. The second kappa shape index (κ2) is 6.01. The number of hydrogen-bond donors (Lipinski definition) is 1. The Morgan fingerprint density at radius 2 is 1.80 bits per heavy atom. The molecule has 0 aliphatic rings. The van der Waals surface area contributed by atoms with Crippen LogP contribution in [0, 0.1) is 18.6 Å². The van der Waals surface area contributed by atoms with Crippen LogP contribution in [0.5, 0.6) is 11.5 Å². The van der Waals surface area contributed by atoms with Crippen molar-refractivity contribution in [3.05, 3.63) is 59.2 Å².